The molecule has 1 aromatic heterocycles. The van der Waals surface area contributed by atoms with Crippen molar-refractivity contribution in [2.24, 2.45) is 0 Å². The van der Waals surface area contributed by atoms with Crippen molar-refractivity contribution >= 4 is 23.4 Å². The van der Waals surface area contributed by atoms with Gasteiger partial charge in [-0.3, -0.25) is 0 Å². The maximum absolute atomic E-state index is 13.0. The van der Waals surface area contributed by atoms with Crippen molar-refractivity contribution < 1.29 is 31.1 Å². The Bertz CT molecular complexity index is 1030. The summed E-state index contributed by atoms with van der Waals surface area (Å²) in [6.07, 6.45) is -7.90. The highest BCUT2D eigenvalue weighted by atomic mass is 35.5. The maximum Gasteiger partial charge on any atom is 0.573 e. The Balaban J connectivity index is 1.97. The summed E-state index contributed by atoms with van der Waals surface area (Å²) in [4.78, 5) is 0.345. The highest BCUT2D eigenvalue weighted by molar-refractivity contribution is 7.99. The number of hydrogen-bond donors (Lipinski definition) is 0. The topological polar surface area (TPSA) is 27.1 Å². The number of halogens is 7. The number of thioether (sulfide) groups is 1. The Kier molecular flexibility index (Phi) is 6.28. The first-order chi connectivity index (χ1) is 14.0. The second kappa shape index (κ2) is 8.43. The van der Waals surface area contributed by atoms with Crippen molar-refractivity contribution in [1.29, 1.82) is 0 Å². The monoisotopic (exact) mass is 466 g/mol. The number of nitrogens with zero attached hydrogens (tertiary/aromatic N) is 2. The Hall–Kier alpha value is -2.33. The third-order valence-corrected chi connectivity index (χ3v) is 5.21. The van der Waals surface area contributed by atoms with Gasteiger partial charge >= 0.3 is 12.5 Å². The van der Waals surface area contributed by atoms with Gasteiger partial charge in [-0.05, 0) is 41.6 Å². The van der Waals surface area contributed by atoms with Crippen molar-refractivity contribution in [1.82, 2.24) is 9.78 Å². The van der Waals surface area contributed by atoms with E-state index in [9.17, 15) is 26.3 Å². The second-order valence-corrected chi connectivity index (χ2v) is 7.61. The second-order valence-electron chi connectivity index (χ2n) is 5.95. The van der Waals surface area contributed by atoms with Gasteiger partial charge in [0.25, 0.3) is 0 Å². The molecule has 0 radical (unpaired) electrons. The number of ether oxygens (including phenoxy) is 1. The minimum Gasteiger partial charge on any atom is -0.406 e. The summed E-state index contributed by atoms with van der Waals surface area (Å²) in [5.41, 5.74) is 0.453. The van der Waals surface area contributed by atoms with Gasteiger partial charge in [-0.1, -0.05) is 30.7 Å². The van der Waals surface area contributed by atoms with Crippen LogP contribution in [-0.4, -0.2) is 21.9 Å². The number of benzene rings is 2. The summed E-state index contributed by atoms with van der Waals surface area (Å²) in [5, 5.41) is 4.27. The van der Waals surface area contributed by atoms with Gasteiger partial charge in [0.15, 0.2) is 0 Å². The molecule has 3 rings (SSSR count). The predicted molar refractivity (Wildman–Crippen MR) is 102 cm³/mol. The average Bonchev–Trinajstić information content (AvgIpc) is 3.02. The SMILES string of the molecule is CCSc1cc(C(F)(F)F)ccc1-n1ncc(-c2ccc(OC(F)(F)F)cc2)c1Cl. The van der Waals surface area contributed by atoms with Crippen LogP contribution in [0.2, 0.25) is 5.15 Å². The van der Waals surface area contributed by atoms with Gasteiger partial charge in [0, 0.05) is 10.5 Å². The van der Waals surface area contributed by atoms with Gasteiger partial charge < -0.3 is 4.74 Å². The summed E-state index contributed by atoms with van der Waals surface area (Å²) >= 11 is 7.60. The molecule has 1 heterocycles. The van der Waals surface area contributed by atoms with Crippen molar-refractivity contribution in [3.8, 4) is 22.6 Å². The molecule has 0 atom stereocenters. The third-order valence-electron chi connectivity index (χ3n) is 3.92. The molecule has 0 N–H and O–H groups in total. The van der Waals surface area contributed by atoms with Crippen molar-refractivity contribution in [3.05, 3.63) is 59.4 Å². The van der Waals surface area contributed by atoms with E-state index in [-0.39, 0.29) is 10.9 Å². The van der Waals surface area contributed by atoms with E-state index in [1.54, 1.807) is 6.92 Å². The lowest BCUT2D eigenvalue weighted by Crippen LogP contribution is -2.16. The third kappa shape index (κ3) is 5.04. The van der Waals surface area contributed by atoms with Gasteiger partial charge in [0.1, 0.15) is 10.9 Å². The lowest BCUT2D eigenvalue weighted by molar-refractivity contribution is -0.274. The van der Waals surface area contributed by atoms with E-state index in [0.717, 1.165) is 24.3 Å². The standard InChI is InChI=1S/C19H13ClF6N2OS/c1-2-30-16-9-12(18(21,22)23)5-8-15(16)28-17(20)14(10-27-28)11-3-6-13(7-4-11)29-19(24,25)26/h3-10H,2H2,1H3. The quantitative estimate of drug-likeness (QED) is 0.293. The molecule has 30 heavy (non-hydrogen) atoms. The van der Waals surface area contributed by atoms with E-state index in [0.29, 0.717) is 27.5 Å². The largest absolute Gasteiger partial charge is 0.573 e. The van der Waals surface area contributed by atoms with E-state index in [2.05, 4.69) is 9.84 Å². The van der Waals surface area contributed by atoms with E-state index in [1.807, 2.05) is 0 Å². The maximum atomic E-state index is 13.0. The molecular formula is C19H13ClF6N2OS. The van der Waals surface area contributed by atoms with Crippen LogP contribution in [0.1, 0.15) is 12.5 Å². The van der Waals surface area contributed by atoms with Crippen LogP contribution in [0.3, 0.4) is 0 Å². The molecule has 11 heteroatoms. The number of alkyl halides is 6. The molecule has 0 bridgehead atoms. The zero-order chi connectivity index (χ0) is 22.1. The van der Waals surface area contributed by atoms with Gasteiger partial charge in [-0.25, -0.2) is 4.68 Å². The fourth-order valence-electron chi connectivity index (χ4n) is 2.67. The van der Waals surface area contributed by atoms with Crippen molar-refractivity contribution in [2.45, 2.75) is 24.4 Å². The lowest BCUT2D eigenvalue weighted by Gasteiger charge is -2.14. The van der Waals surface area contributed by atoms with Gasteiger partial charge in [0.05, 0.1) is 17.4 Å². The van der Waals surface area contributed by atoms with E-state index < -0.39 is 18.1 Å². The minimum absolute atomic E-state index is 0.109. The number of aromatic nitrogens is 2. The molecule has 0 aliphatic carbocycles. The number of hydrogen-bond acceptors (Lipinski definition) is 3. The van der Waals surface area contributed by atoms with Crippen LogP contribution in [0, 0.1) is 0 Å². The first-order valence-electron chi connectivity index (χ1n) is 8.43. The van der Waals surface area contributed by atoms with Crippen LogP contribution < -0.4 is 4.74 Å². The van der Waals surface area contributed by atoms with Crippen LogP contribution in [0.25, 0.3) is 16.8 Å². The molecule has 0 amide bonds. The van der Waals surface area contributed by atoms with Crippen LogP contribution in [0.4, 0.5) is 26.3 Å². The van der Waals surface area contributed by atoms with E-state index >= 15 is 0 Å². The molecule has 0 aliphatic heterocycles. The first kappa shape index (κ1) is 22.4. The van der Waals surface area contributed by atoms with Gasteiger partial charge in [-0.15, -0.1) is 24.9 Å². The lowest BCUT2D eigenvalue weighted by atomic mass is 10.1. The highest BCUT2D eigenvalue weighted by Crippen LogP contribution is 2.38. The molecule has 3 aromatic rings. The summed E-state index contributed by atoms with van der Waals surface area (Å²) in [5.74, 6) is 0.139. The smallest absolute Gasteiger partial charge is 0.406 e. The highest BCUT2D eigenvalue weighted by Gasteiger charge is 2.32. The Morgan fingerprint density at radius 3 is 2.27 bits per heavy atom. The molecule has 3 nitrogen and oxygen atoms in total. The average molecular weight is 467 g/mol. The van der Waals surface area contributed by atoms with Crippen LogP contribution >= 0.6 is 23.4 Å². The summed E-state index contributed by atoms with van der Waals surface area (Å²) in [6.45, 7) is 1.80. The molecule has 2 aromatic carbocycles. The normalized spacial score (nSPS) is 12.3. The molecule has 0 saturated heterocycles. The summed E-state index contributed by atoms with van der Waals surface area (Å²) in [7, 11) is 0. The molecule has 0 unspecified atom stereocenters. The number of rotatable bonds is 5. The summed E-state index contributed by atoms with van der Waals surface area (Å²) < 4.78 is 81.1. The summed E-state index contributed by atoms with van der Waals surface area (Å²) in [6, 6.07) is 8.27. The van der Waals surface area contributed by atoms with Crippen molar-refractivity contribution in [2.75, 3.05) is 5.75 Å². The molecule has 0 aliphatic rings. The van der Waals surface area contributed by atoms with Crippen LogP contribution in [0.5, 0.6) is 5.75 Å². The fourth-order valence-corrected chi connectivity index (χ4v) is 3.78. The van der Waals surface area contributed by atoms with E-state index in [4.69, 9.17) is 11.6 Å². The van der Waals surface area contributed by atoms with Gasteiger partial charge in [0.2, 0.25) is 0 Å². The molecular weight excluding hydrogens is 454 g/mol. The Morgan fingerprint density at radius 1 is 1.03 bits per heavy atom. The molecule has 0 fully saturated rings. The Labute approximate surface area is 176 Å². The van der Waals surface area contributed by atoms with Gasteiger partial charge in [-0.2, -0.15) is 18.3 Å². The minimum atomic E-state index is -4.81. The Morgan fingerprint density at radius 2 is 1.70 bits per heavy atom. The van der Waals surface area contributed by atoms with E-state index in [1.165, 1.54) is 40.8 Å². The fraction of sp³-hybridized carbons (Fsp3) is 0.211. The first-order valence-corrected chi connectivity index (χ1v) is 9.80. The van der Waals surface area contributed by atoms with Crippen molar-refractivity contribution in [3.63, 3.8) is 0 Å². The molecule has 160 valence electrons. The molecule has 0 spiro atoms. The predicted octanol–water partition coefficient (Wildman–Crippen LogP) is 7.22. The zero-order valence-corrected chi connectivity index (χ0v) is 16.8. The van der Waals surface area contributed by atoms with Crippen LogP contribution in [-0.2, 0) is 6.18 Å². The van der Waals surface area contributed by atoms with Crippen LogP contribution in [0.15, 0.2) is 53.6 Å². The zero-order valence-electron chi connectivity index (χ0n) is 15.2. The molecule has 0 saturated carbocycles.